The molecule has 0 spiro atoms. The number of rotatable bonds is 1. The molecule has 0 bridgehead atoms. The van der Waals surface area contributed by atoms with Crippen molar-refractivity contribution in [2.24, 2.45) is 0 Å². The Morgan fingerprint density at radius 1 is 1.55 bits per heavy atom. The number of hydrogen-bond donors (Lipinski definition) is 3. The second-order valence-electron chi connectivity index (χ2n) is 1.97. The maximum Gasteiger partial charge on any atom is 0.184 e. The average molecular weight is 167 g/mol. The smallest absolute Gasteiger partial charge is 0.184 e. The Morgan fingerprint density at radius 3 is 3.27 bits per heavy atom. The van der Waals surface area contributed by atoms with E-state index in [4.69, 9.17) is 0 Å². The number of nitrogens with one attached hydrogen (secondary N) is 2. The Morgan fingerprint density at radius 2 is 2.45 bits per heavy atom. The van der Waals surface area contributed by atoms with Crippen molar-refractivity contribution in [3.63, 3.8) is 0 Å². The zero-order valence-electron chi connectivity index (χ0n) is 5.44. The third kappa shape index (κ3) is 0.911. The van der Waals surface area contributed by atoms with Gasteiger partial charge in [0.25, 0.3) is 0 Å². The monoisotopic (exact) mass is 167 g/mol. The molecule has 0 aromatic carbocycles. The van der Waals surface area contributed by atoms with E-state index in [1.165, 1.54) is 6.33 Å². The van der Waals surface area contributed by atoms with Gasteiger partial charge in [-0.25, -0.2) is 9.97 Å². The number of fused-ring (bicyclic) bond motifs is 1. The van der Waals surface area contributed by atoms with Gasteiger partial charge in [-0.3, -0.25) is 5.10 Å². The summed E-state index contributed by atoms with van der Waals surface area (Å²) in [7, 11) is 0. The highest BCUT2D eigenvalue weighted by molar-refractivity contribution is 7.81. The van der Waals surface area contributed by atoms with E-state index in [1.807, 2.05) is 0 Å². The van der Waals surface area contributed by atoms with E-state index in [0.29, 0.717) is 5.82 Å². The maximum absolute atomic E-state index is 4.00. The number of H-pyrrole nitrogens is 1. The fourth-order valence-corrected chi connectivity index (χ4v) is 1.00. The topological polar surface area (TPSA) is 66.5 Å². The molecule has 2 N–H and O–H groups in total. The van der Waals surface area contributed by atoms with Crippen LogP contribution in [-0.2, 0) is 0 Å². The third-order valence-corrected chi connectivity index (χ3v) is 1.54. The van der Waals surface area contributed by atoms with Crippen LogP contribution in [0.5, 0.6) is 0 Å². The molecule has 0 aliphatic heterocycles. The van der Waals surface area contributed by atoms with Crippen molar-refractivity contribution in [1.82, 2.24) is 20.2 Å². The minimum Gasteiger partial charge on any atom is -0.314 e. The zero-order chi connectivity index (χ0) is 7.68. The largest absolute Gasteiger partial charge is 0.314 e. The van der Waals surface area contributed by atoms with Crippen molar-refractivity contribution in [2.45, 2.75) is 0 Å². The fraction of sp³-hybridized carbons (Fsp3) is 0. The molecule has 2 rings (SSSR count). The molecule has 6 heteroatoms. The molecule has 0 aliphatic rings. The molecule has 0 saturated carbocycles. The SMILES string of the molecule is SNc1n[nH]c2cncnc12. The van der Waals surface area contributed by atoms with Crippen LogP contribution in [0.4, 0.5) is 5.82 Å². The van der Waals surface area contributed by atoms with Crippen molar-refractivity contribution < 1.29 is 0 Å². The molecule has 5 nitrogen and oxygen atoms in total. The quantitative estimate of drug-likeness (QED) is 0.544. The first-order chi connectivity index (χ1) is 5.42. The van der Waals surface area contributed by atoms with Crippen molar-refractivity contribution in [2.75, 3.05) is 4.72 Å². The molecule has 2 heterocycles. The Labute approximate surface area is 67.8 Å². The number of aromatic nitrogens is 4. The summed E-state index contributed by atoms with van der Waals surface area (Å²) >= 11 is 3.86. The number of hydrogen-bond acceptors (Lipinski definition) is 5. The number of nitrogens with zero attached hydrogens (tertiary/aromatic N) is 3. The Kier molecular flexibility index (Phi) is 1.39. The first-order valence-electron chi connectivity index (χ1n) is 2.96. The van der Waals surface area contributed by atoms with E-state index >= 15 is 0 Å². The van der Waals surface area contributed by atoms with Gasteiger partial charge in [-0.1, -0.05) is 12.8 Å². The van der Waals surface area contributed by atoms with Gasteiger partial charge in [-0.2, -0.15) is 5.10 Å². The lowest BCUT2D eigenvalue weighted by atomic mass is 10.4. The van der Waals surface area contributed by atoms with Crippen molar-refractivity contribution in [1.29, 1.82) is 0 Å². The molecule has 2 aromatic rings. The highest BCUT2D eigenvalue weighted by atomic mass is 32.1. The predicted molar refractivity (Wildman–Crippen MR) is 44.3 cm³/mol. The van der Waals surface area contributed by atoms with E-state index in [2.05, 4.69) is 37.7 Å². The van der Waals surface area contributed by atoms with Crippen LogP contribution in [0.3, 0.4) is 0 Å². The van der Waals surface area contributed by atoms with Crippen LogP contribution in [0.25, 0.3) is 11.0 Å². The minimum atomic E-state index is 0.616. The predicted octanol–water partition coefficient (Wildman–Crippen LogP) is 0.610. The van der Waals surface area contributed by atoms with Crippen molar-refractivity contribution in [3.05, 3.63) is 12.5 Å². The second-order valence-corrected chi connectivity index (χ2v) is 2.19. The summed E-state index contributed by atoms with van der Waals surface area (Å²) < 4.78 is 2.61. The van der Waals surface area contributed by atoms with Crippen molar-refractivity contribution >= 4 is 29.7 Å². The molecular weight excluding hydrogens is 162 g/mol. The zero-order valence-corrected chi connectivity index (χ0v) is 6.34. The summed E-state index contributed by atoms with van der Waals surface area (Å²) in [6.45, 7) is 0. The second kappa shape index (κ2) is 2.39. The minimum absolute atomic E-state index is 0.616. The Bertz CT molecular complexity index is 370. The lowest BCUT2D eigenvalue weighted by Crippen LogP contribution is -1.82. The molecule has 0 atom stereocenters. The van der Waals surface area contributed by atoms with Crippen LogP contribution < -0.4 is 4.72 Å². The summed E-state index contributed by atoms with van der Waals surface area (Å²) in [4.78, 5) is 7.82. The van der Waals surface area contributed by atoms with Crippen molar-refractivity contribution in [3.8, 4) is 0 Å². The van der Waals surface area contributed by atoms with E-state index in [-0.39, 0.29) is 0 Å². The highest BCUT2D eigenvalue weighted by Gasteiger charge is 2.02. The van der Waals surface area contributed by atoms with Gasteiger partial charge >= 0.3 is 0 Å². The summed E-state index contributed by atoms with van der Waals surface area (Å²) in [5.74, 6) is 0.616. The van der Waals surface area contributed by atoms with Gasteiger partial charge in [0.1, 0.15) is 17.4 Å². The molecule has 11 heavy (non-hydrogen) atoms. The normalized spacial score (nSPS) is 10.3. The standard InChI is InChI=1S/C5H5N5S/c11-10-5-4-3(8-9-5)1-6-2-7-4/h1-2,11H,(H2,8,9,10). The molecule has 0 fully saturated rings. The number of thiol groups is 1. The third-order valence-electron chi connectivity index (χ3n) is 1.33. The molecule has 0 saturated heterocycles. The summed E-state index contributed by atoms with van der Waals surface area (Å²) in [5.41, 5.74) is 1.54. The van der Waals surface area contributed by atoms with E-state index < -0.39 is 0 Å². The first-order valence-corrected chi connectivity index (χ1v) is 3.40. The van der Waals surface area contributed by atoms with E-state index in [1.54, 1.807) is 6.20 Å². The van der Waals surface area contributed by atoms with Gasteiger partial charge in [-0.15, -0.1) is 0 Å². The van der Waals surface area contributed by atoms with E-state index in [9.17, 15) is 0 Å². The van der Waals surface area contributed by atoms with Crippen LogP contribution in [0, 0.1) is 0 Å². The Hall–Kier alpha value is -1.30. The number of anilines is 1. The highest BCUT2D eigenvalue weighted by Crippen LogP contribution is 2.15. The van der Waals surface area contributed by atoms with Crippen LogP contribution in [0.15, 0.2) is 12.5 Å². The molecule has 0 aliphatic carbocycles. The molecule has 0 radical (unpaired) electrons. The van der Waals surface area contributed by atoms with E-state index in [0.717, 1.165) is 11.0 Å². The van der Waals surface area contributed by atoms with Crippen LogP contribution in [0.1, 0.15) is 0 Å². The van der Waals surface area contributed by atoms with Gasteiger partial charge in [0.05, 0.1) is 6.20 Å². The lowest BCUT2D eigenvalue weighted by molar-refractivity contribution is 1.12. The molecule has 0 amide bonds. The van der Waals surface area contributed by atoms with Crippen LogP contribution >= 0.6 is 12.8 Å². The maximum atomic E-state index is 4.00. The average Bonchev–Trinajstić information content (AvgIpc) is 2.47. The van der Waals surface area contributed by atoms with Gasteiger partial charge in [-0.05, 0) is 0 Å². The Balaban J connectivity index is 2.76. The first kappa shape index (κ1) is 6.41. The summed E-state index contributed by atoms with van der Waals surface area (Å²) in [6, 6.07) is 0. The molecular formula is C5H5N5S. The van der Waals surface area contributed by atoms with Gasteiger partial charge in [0.15, 0.2) is 5.82 Å². The number of aromatic amines is 1. The molecule has 56 valence electrons. The van der Waals surface area contributed by atoms with Crippen LogP contribution in [-0.4, -0.2) is 20.2 Å². The van der Waals surface area contributed by atoms with Crippen LogP contribution in [0.2, 0.25) is 0 Å². The lowest BCUT2D eigenvalue weighted by Gasteiger charge is -1.89. The fourth-order valence-electron chi connectivity index (χ4n) is 0.847. The summed E-state index contributed by atoms with van der Waals surface area (Å²) in [5, 5.41) is 6.65. The molecule has 0 unspecified atom stereocenters. The van der Waals surface area contributed by atoms with Gasteiger partial charge in [0.2, 0.25) is 0 Å². The molecule has 2 aromatic heterocycles. The van der Waals surface area contributed by atoms with Gasteiger partial charge < -0.3 is 4.72 Å². The van der Waals surface area contributed by atoms with Gasteiger partial charge in [0, 0.05) is 0 Å². The summed E-state index contributed by atoms with van der Waals surface area (Å²) in [6.07, 6.45) is 3.12.